The highest BCUT2D eigenvalue weighted by molar-refractivity contribution is 6.40. The molecule has 7 atom stereocenters. The number of hydrogen-bond donors (Lipinski definition) is 15. The Morgan fingerprint density at radius 1 is 0.877 bits per heavy atom. The van der Waals surface area contributed by atoms with Crippen molar-refractivity contribution in [1.82, 2.24) is 46.8 Å². The Morgan fingerprint density at radius 2 is 1.56 bits per heavy atom. The molecular formula is C44H76N18O11. The van der Waals surface area contributed by atoms with Gasteiger partial charge in [0.15, 0.2) is 5.96 Å². The molecule has 1 aliphatic heterocycles. The van der Waals surface area contributed by atoms with Crippen LogP contribution in [0.1, 0.15) is 83.2 Å². The molecule has 0 aromatic carbocycles. The Morgan fingerprint density at radius 3 is 2.18 bits per heavy atom. The SMILES string of the molecule is COC(=O)/C(=C/CCN=C(N)N)NC(=O)[C@H](CCCCN)NC(=O)[C@H](Cc1cnc[nH]1)NC(=O)[C@@H]1CCCN1C(=O)C(CCCN)=NC(=O)CNC(=O)[C@H](C)NC(=O)[C@@H](NC(=O)[C@@H](N)CCCCN)[C@@H](O)CN. The maximum absolute atomic E-state index is 14.1. The number of aliphatic hydroxyl groups excluding tert-OH is 1. The van der Waals surface area contributed by atoms with Crippen molar-refractivity contribution in [3.05, 3.63) is 30.0 Å². The summed E-state index contributed by atoms with van der Waals surface area (Å²) in [5, 5.41) is 25.3. The standard InChI is InChI=1S/C44H76N18O11/c1-25(56-41(70)35(33(63)21-48)61-37(66)27(49)10-3-5-15-45)36(65)54-23-34(64)57-29(12-7-17-47)42(71)62-19-9-14-32(62)40(69)60-31(20-26-22-52-24-55-26)39(68)58-28(11-4-6-16-46)38(67)59-30(43(72)73-2)13-8-18-53-44(50)51/h13,22,24-25,27-28,31-33,35,63H,3-12,14-21,23,45-49H2,1-2H3,(H,52,55)(H,54,65)(H,56,70)(H,58,68)(H,59,67)(H,60,69)(H,61,66)(H4,50,51,53)/b30-13-,57-29?/t25-,27-,28-,31-,32-,33-,35-/m0/s1. The van der Waals surface area contributed by atoms with Crippen LogP contribution in [0.3, 0.4) is 0 Å². The molecule has 0 radical (unpaired) electrons. The number of nitrogens with two attached hydrogens (primary N) is 7. The number of hydrogen-bond acceptors (Lipinski definition) is 18. The number of likely N-dealkylation sites (tertiary alicyclic amines) is 1. The molecule has 0 unspecified atom stereocenters. The molecule has 0 saturated carbocycles. The summed E-state index contributed by atoms with van der Waals surface area (Å²) in [4.78, 5) is 136. The molecule has 1 aromatic heterocycles. The first-order chi connectivity index (χ1) is 34.8. The van der Waals surface area contributed by atoms with Gasteiger partial charge in [-0.1, -0.05) is 12.5 Å². The van der Waals surface area contributed by atoms with Gasteiger partial charge in [-0.3, -0.25) is 43.3 Å². The number of unbranched alkanes of at least 4 members (excludes halogenated alkanes) is 2. The number of aromatic amines is 1. The number of aliphatic hydroxyl groups is 1. The van der Waals surface area contributed by atoms with E-state index in [9.17, 15) is 48.3 Å². The Hall–Kier alpha value is -6.92. The van der Waals surface area contributed by atoms with Crippen LogP contribution in [0.15, 0.2) is 34.3 Å². The van der Waals surface area contributed by atoms with Crippen LogP contribution in [0.5, 0.6) is 0 Å². The number of H-pyrrole nitrogens is 1. The van der Waals surface area contributed by atoms with E-state index in [-0.39, 0.29) is 81.9 Å². The minimum absolute atomic E-state index is 0.0734. The van der Waals surface area contributed by atoms with Gasteiger partial charge in [0.2, 0.25) is 35.4 Å². The number of rotatable bonds is 33. The summed E-state index contributed by atoms with van der Waals surface area (Å²) >= 11 is 0. The first-order valence-electron chi connectivity index (χ1n) is 24.1. The first kappa shape index (κ1) is 62.2. The molecule has 29 heteroatoms. The van der Waals surface area contributed by atoms with Gasteiger partial charge in [0, 0.05) is 37.9 Å². The number of carbonyl (C=O) groups is 9. The summed E-state index contributed by atoms with van der Waals surface area (Å²) in [6.07, 6.45) is 5.71. The van der Waals surface area contributed by atoms with E-state index in [0.29, 0.717) is 50.9 Å². The molecule has 408 valence electrons. The summed E-state index contributed by atoms with van der Waals surface area (Å²) < 4.78 is 4.82. The number of imidazole rings is 1. The third-order valence-corrected chi connectivity index (χ3v) is 11.2. The minimum Gasteiger partial charge on any atom is -0.464 e. The number of ether oxygens (including phenoxy) is 1. The average Bonchev–Trinajstić information content (AvgIpc) is 4.09. The lowest BCUT2D eigenvalue weighted by Crippen LogP contribution is -2.60. The zero-order valence-corrected chi connectivity index (χ0v) is 41.6. The third-order valence-electron chi connectivity index (χ3n) is 11.2. The molecule has 8 amide bonds. The Labute approximate surface area is 423 Å². The monoisotopic (exact) mass is 1030 g/mol. The van der Waals surface area contributed by atoms with Crippen LogP contribution in [-0.4, -0.2) is 180 Å². The normalized spacial score (nSPS) is 16.1. The highest BCUT2D eigenvalue weighted by atomic mass is 16.5. The molecule has 2 rings (SSSR count). The number of amides is 8. The second kappa shape index (κ2) is 33.7. The van der Waals surface area contributed by atoms with Gasteiger partial charge < -0.3 is 91.8 Å². The van der Waals surface area contributed by atoms with E-state index in [1.807, 2.05) is 0 Å². The van der Waals surface area contributed by atoms with Gasteiger partial charge >= 0.3 is 5.97 Å². The summed E-state index contributed by atoms with van der Waals surface area (Å²) in [6, 6.07) is -7.58. The number of aromatic nitrogens is 2. The second-order valence-electron chi connectivity index (χ2n) is 17.0. The van der Waals surface area contributed by atoms with E-state index in [4.69, 9.17) is 44.9 Å². The number of methoxy groups -OCH3 is 1. The van der Waals surface area contributed by atoms with Crippen molar-refractivity contribution in [3.8, 4) is 0 Å². The highest BCUT2D eigenvalue weighted by Gasteiger charge is 2.38. The molecular weight excluding hydrogens is 957 g/mol. The van der Waals surface area contributed by atoms with Crippen molar-refractivity contribution in [2.75, 3.05) is 52.9 Å². The van der Waals surface area contributed by atoms with Crippen LogP contribution in [0.2, 0.25) is 0 Å². The molecule has 0 bridgehead atoms. The molecule has 0 spiro atoms. The van der Waals surface area contributed by atoms with Crippen LogP contribution in [-0.2, 0) is 54.3 Å². The van der Waals surface area contributed by atoms with Crippen molar-refractivity contribution in [2.45, 2.75) is 126 Å². The molecule has 1 fully saturated rings. The maximum atomic E-state index is 14.1. The Balaban J connectivity index is 2.26. The molecule has 2 heterocycles. The predicted octanol–water partition coefficient (Wildman–Crippen LogP) is -6.53. The molecule has 1 saturated heterocycles. The molecule has 73 heavy (non-hydrogen) atoms. The second-order valence-corrected chi connectivity index (χ2v) is 17.0. The van der Waals surface area contributed by atoms with Crippen molar-refractivity contribution < 1.29 is 53.0 Å². The molecule has 1 aromatic rings. The predicted molar refractivity (Wildman–Crippen MR) is 267 cm³/mol. The fourth-order valence-electron chi connectivity index (χ4n) is 7.22. The summed E-state index contributed by atoms with van der Waals surface area (Å²) in [6.45, 7) is 1.11. The molecule has 1 aliphatic rings. The van der Waals surface area contributed by atoms with Crippen LogP contribution in [0.4, 0.5) is 0 Å². The van der Waals surface area contributed by atoms with Gasteiger partial charge in [-0.15, -0.1) is 0 Å². The summed E-state index contributed by atoms with van der Waals surface area (Å²) in [7, 11) is 1.12. The van der Waals surface area contributed by atoms with Crippen molar-refractivity contribution >= 4 is 64.9 Å². The lowest BCUT2D eigenvalue weighted by Gasteiger charge is -2.27. The largest absolute Gasteiger partial charge is 0.464 e. The van der Waals surface area contributed by atoms with E-state index in [2.05, 4.69) is 51.9 Å². The van der Waals surface area contributed by atoms with Crippen molar-refractivity contribution in [1.29, 1.82) is 0 Å². The van der Waals surface area contributed by atoms with E-state index in [1.165, 1.54) is 30.4 Å². The Bertz CT molecular complexity index is 2080. The zero-order valence-electron chi connectivity index (χ0n) is 41.6. The van der Waals surface area contributed by atoms with Crippen LogP contribution < -0.4 is 72.0 Å². The zero-order chi connectivity index (χ0) is 54.5. The lowest BCUT2D eigenvalue weighted by atomic mass is 10.1. The smallest absolute Gasteiger partial charge is 0.354 e. The molecule has 22 N–H and O–H groups in total. The summed E-state index contributed by atoms with van der Waals surface area (Å²) in [5.74, 6) is -7.60. The van der Waals surface area contributed by atoms with Crippen molar-refractivity contribution in [2.24, 2.45) is 50.1 Å². The van der Waals surface area contributed by atoms with Gasteiger partial charge in [0.1, 0.15) is 41.6 Å². The molecule has 0 aliphatic carbocycles. The number of guanidine groups is 1. The van der Waals surface area contributed by atoms with E-state index < -0.39 is 109 Å². The maximum Gasteiger partial charge on any atom is 0.354 e. The minimum atomic E-state index is -1.57. The van der Waals surface area contributed by atoms with E-state index in [0.717, 1.165) is 7.11 Å². The van der Waals surface area contributed by atoms with Crippen LogP contribution >= 0.6 is 0 Å². The van der Waals surface area contributed by atoms with Crippen molar-refractivity contribution in [3.63, 3.8) is 0 Å². The van der Waals surface area contributed by atoms with E-state index in [1.54, 1.807) is 0 Å². The topological polar surface area (TPSA) is 494 Å². The number of carbonyl (C=O) groups excluding carboxylic acids is 9. The number of nitrogens with one attached hydrogen (secondary N) is 7. The van der Waals surface area contributed by atoms with Crippen LogP contribution in [0.25, 0.3) is 0 Å². The van der Waals surface area contributed by atoms with Gasteiger partial charge in [-0.05, 0) is 90.8 Å². The third kappa shape index (κ3) is 22.2. The van der Waals surface area contributed by atoms with Gasteiger partial charge in [-0.2, -0.15) is 0 Å². The van der Waals surface area contributed by atoms with Gasteiger partial charge in [0.05, 0.1) is 32.1 Å². The average molecular weight is 1030 g/mol. The van der Waals surface area contributed by atoms with Gasteiger partial charge in [0.25, 0.3) is 11.8 Å². The quantitative estimate of drug-likeness (QED) is 0.0102. The van der Waals surface area contributed by atoms with Gasteiger partial charge in [-0.25, -0.2) is 14.8 Å². The fraction of sp³-hybridized carbons (Fsp3) is 0.636. The highest BCUT2D eigenvalue weighted by Crippen LogP contribution is 2.20. The number of nitrogens with zero attached hydrogens (tertiary/aromatic N) is 4. The summed E-state index contributed by atoms with van der Waals surface area (Å²) in [5.41, 5.74) is 39.1. The van der Waals surface area contributed by atoms with Crippen LogP contribution in [0, 0.1) is 0 Å². The fourth-order valence-corrected chi connectivity index (χ4v) is 7.22. The first-order valence-corrected chi connectivity index (χ1v) is 24.1. The lowest BCUT2D eigenvalue weighted by molar-refractivity contribution is -0.138. The van der Waals surface area contributed by atoms with E-state index >= 15 is 0 Å². The number of esters is 1. The number of aliphatic imine (C=N–C) groups is 2. The Kier molecular flexibility index (Phi) is 28.7. The molecule has 29 nitrogen and oxygen atoms in total.